The van der Waals surface area contributed by atoms with Gasteiger partial charge < -0.3 is 14.8 Å². The number of carbonyl (C=O) groups is 1. The van der Waals surface area contributed by atoms with Gasteiger partial charge in [-0.25, -0.2) is 17.8 Å². The van der Waals surface area contributed by atoms with Crippen molar-refractivity contribution >= 4 is 15.7 Å². The number of nitrogens with one attached hydrogen (secondary N) is 1. The number of rotatable bonds is 8. The van der Waals surface area contributed by atoms with E-state index in [1.807, 2.05) is 30.3 Å². The molecule has 0 saturated carbocycles. The van der Waals surface area contributed by atoms with Crippen LogP contribution in [0.4, 0.5) is 4.39 Å². The first-order valence-electron chi connectivity index (χ1n) is 11.6. The summed E-state index contributed by atoms with van der Waals surface area (Å²) in [7, 11) is -3.45. The van der Waals surface area contributed by atoms with E-state index >= 15 is 0 Å². The zero-order valence-electron chi connectivity index (χ0n) is 20.8. The van der Waals surface area contributed by atoms with E-state index in [1.165, 1.54) is 16.7 Å². The Morgan fingerprint density at radius 2 is 1.92 bits per heavy atom. The van der Waals surface area contributed by atoms with E-state index in [-0.39, 0.29) is 42.5 Å². The second-order valence-corrected chi connectivity index (χ2v) is 11.5. The molecule has 0 radical (unpaired) electrons. The average Bonchev–Trinajstić information content (AvgIpc) is 2.82. The zero-order chi connectivity index (χ0) is 26.8. The van der Waals surface area contributed by atoms with Crippen LogP contribution in [0.2, 0.25) is 0 Å². The predicted octanol–water partition coefficient (Wildman–Crippen LogP) is 2.70. The number of hydrogen-bond acceptors (Lipinski definition) is 7. The lowest BCUT2D eigenvalue weighted by Gasteiger charge is -2.32. The lowest BCUT2D eigenvalue weighted by atomic mass is 10.1. The quantitative estimate of drug-likeness (QED) is 0.477. The second kappa shape index (κ2) is 10.4. The molecule has 2 aromatic carbocycles. The highest BCUT2D eigenvalue weighted by Gasteiger charge is 2.35. The monoisotopic (exact) mass is 529 g/mol. The van der Waals surface area contributed by atoms with Gasteiger partial charge in [0.05, 0.1) is 18.9 Å². The molecule has 0 bridgehead atoms. The lowest BCUT2D eigenvalue weighted by Crippen LogP contribution is -2.43. The molecule has 1 amide bonds. The molecule has 4 rings (SSSR count). The normalized spacial score (nSPS) is 14.6. The molecule has 1 aliphatic heterocycles. The van der Waals surface area contributed by atoms with Gasteiger partial charge in [-0.3, -0.25) is 14.2 Å². The summed E-state index contributed by atoms with van der Waals surface area (Å²) >= 11 is 0. The highest BCUT2D eigenvalue weighted by atomic mass is 32.2. The minimum Gasteiger partial charge on any atom is -0.481 e. The minimum atomic E-state index is -3.45. The molecule has 0 aliphatic carbocycles. The largest absolute Gasteiger partial charge is 0.481 e. The summed E-state index contributed by atoms with van der Waals surface area (Å²) in [6, 6.07) is 12.9. The number of benzene rings is 2. The van der Waals surface area contributed by atoms with Crippen LogP contribution in [0.1, 0.15) is 46.9 Å². The third-order valence-corrected chi connectivity index (χ3v) is 6.75. The molecule has 0 saturated heterocycles. The average molecular weight is 530 g/mol. The van der Waals surface area contributed by atoms with Crippen LogP contribution in [0.25, 0.3) is 0 Å². The first-order valence-corrected chi connectivity index (χ1v) is 13.7. The van der Waals surface area contributed by atoms with E-state index in [2.05, 4.69) is 10.3 Å². The maximum atomic E-state index is 13.8. The van der Waals surface area contributed by atoms with Crippen LogP contribution in [0.5, 0.6) is 5.75 Å². The number of ether oxygens (including phenoxy) is 2. The van der Waals surface area contributed by atoms with Crippen molar-refractivity contribution in [3.05, 3.63) is 92.9 Å². The van der Waals surface area contributed by atoms with E-state index in [9.17, 15) is 22.4 Å². The molecule has 1 N–H and O–H groups in total. The van der Waals surface area contributed by atoms with Crippen molar-refractivity contribution in [2.45, 2.75) is 44.9 Å². The van der Waals surface area contributed by atoms with E-state index in [4.69, 9.17) is 9.47 Å². The number of carbonyl (C=O) groups excluding carboxylic acids is 1. The fourth-order valence-corrected chi connectivity index (χ4v) is 4.95. The third-order valence-electron chi connectivity index (χ3n) is 5.91. The zero-order valence-corrected chi connectivity index (χ0v) is 21.6. The molecule has 0 spiro atoms. The fraction of sp³-hybridized carbons (Fsp3) is 0.346. The standard InChI is InChI=1S/C26H28FN3O6S/c1-26(2)25-29-21(23(31)28-14-18-9-10-20(27)13-19(18)16-37(3,33)34)22(24(32)30(25)11-12-36-26)35-15-17-7-5-4-6-8-17/h4-10,13H,11-12,14-16H2,1-3H3,(H,28,31). The van der Waals surface area contributed by atoms with Crippen LogP contribution in [-0.2, 0) is 45.6 Å². The SMILES string of the molecule is CC1(C)OCCn2c1nc(C(=O)NCc1ccc(F)cc1CS(C)(=O)=O)c(OCc1ccccc1)c2=O. The second-order valence-electron chi connectivity index (χ2n) is 9.37. The number of fused-ring (bicyclic) bond motifs is 1. The smallest absolute Gasteiger partial charge is 0.296 e. The van der Waals surface area contributed by atoms with Gasteiger partial charge in [0.2, 0.25) is 5.75 Å². The predicted molar refractivity (Wildman–Crippen MR) is 134 cm³/mol. The molecular weight excluding hydrogens is 501 g/mol. The van der Waals surface area contributed by atoms with E-state index in [0.717, 1.165) is 17.9 Å². The number of aromatic nitrogens is 2. The molecule has 196 valence electrons. The Morgan fingerprint density at radius 3 is 2.62 bits per heavy atom. The molecule has 0 fully saturated rings. The Labute approximate surface area is 214 Å². The van der Waals surface area contributed by atoms with Crippen LogP contribution < -0.4 is 15.6 Å². The van der Waals surface area contributed by atoms with Crippen molar-refractivity contribution < 1.29 is 27.1 Å². The van der Waals surface area contributed by atoms with Crippen LogP contribution in [0.15, 0.2) is 53.3 Å². The van der Waals surface area contributed by atoms with Gasteiger partial charge >= 0.3 is 0 Å². The van der Waals surface area contributed by atoms with Crippen LogP contribution >= 0.6 is 0 Å². The fourth-order valence-electron chi connectivity index (χ4n) is 4.12. The van der Waals surface area contributed by atoms with Crippen molar-refractivity contribution in [2.75, 3.05) is 12.9 Å². The molecule has 11 heteroatoms. The Balaban J connectivity index is 1.68. The minimum absolute atomic E-state index is 0.0494. The first-order chi connectivity index (χ1) is 17.4. The third kappa shape index (κ3) is 6.23. The Kier molecular flexibility index (Phi) is 7.47. The van der Waals surface area contributed by atoms with Gasteiger partial charge in [0, 0.05) is 12.8 Å². The molecule has 3 aromatic rings. The Morgan fingerprint density at radius 1 is 1.19 bits per heavy atom. The van der Waals surface area contributed by atoms with Gasteiger partial charge in [0.1, 0.15) is 23.8 Å². The van der Waals surface area contributed by atoms with Crippen LogP contribution in [0.3, 0.4) is 0 Å². The molecule has 0 unspecified atom stereocenters. The highest BCUT2D eigenvalue weighted by molar-refractivity contribution is 7.89. The molecule has 9 nitrogen and oxygen atoms in total. The summed E-state index contributed by atoms with van der Waals surface area (Å²) in [6.07, 6.45) is 1.05. The summed E-state index contributed by atoms with van der Waals surface area (Å²) in [5, 5.41) is 2.67. The molecule has 0 atom stereocenters. The van der Waals surface area contributed by atoms with Crippen molar-refractivity contribution in [1.29, 1.82) is 0 Å². The van der Waals surface area contributed by atoms with E-state index in [1.54, 1.807) is 13.8 Å². The maximum absolute atomic E-state index is 13.8. The molecule has 1 aliphatic rings. The number of nitrogens with zero attached hydrogens (tertiary/aromatic N) is 2. The molecule has 2 heterocycles. The Hall–Kier alpha value is -3.57. The van der Waals surface area contributed by atoms with Gasteiger partial charge in [-0.1, -0.05) is 36.4 Å². The van der Waals surface area contributed by atoms with Crippen molar-refractivity contribution in [2.24, 2.45) is 0 Å². The number of amides is 1. The van der Waals surface area contributed by atoms with Crippen molar-refractivity contribution in [3.8, 4) is 5.75 Å². The summed E-state index contributed by atoms with van der Waals surface area (Å²) < 4.78 is 50.5. The maximum Gasteiger partial charge on any atom is 0.296 e. The Bertz CT molecular complexity index is 1490. The van der Waals surface area contributed by atoms with Gasteiger partial charge in [-0.2, -0.15) is 0 Å². The number of hydrogen-bond donors (Lipinski definition) is 1. The van der Waals surface area contributed by atoms with Gasteiger partial charge in [-0.05, 0) is 42.7 Å². The van der Waals surface area contributed by atoms with Gasteiger partial charge in [0.15, 0.2) is 15.5 Å². The number of halogens is 1. The van der Waals surface area contributed by atoms with Crippen molar-refractivity contribution in [3.63, 3.8) is 0 Å². The molecule has 37 heavy (non-hydrogen) atoms. The number of sulfone groups is 1. The summed E-state index contributed by atoms with van der Waals surface area (Å²) in [4.78, 5) is 31.2. The van der Waals surface area contributed by atoms with Gasteiger partial charge in [0.25, 0.3) is 11.5 Å². The van der Waals surface area contributed by atoms with E-state index < -0.39 is 32.7 Å². The van der Waals surface area contributed by atoms with Crippen LogP contribution in [-0.4, -0.2) is 36.7 Å². The summed E-state index contributed by atoms with van der Waals surface area (Å²) in [5.74, 6) is -1.57. The van der Waals surface area contributed by atoms with Crippen LogP contribution in [0, 0.1) is 5.82 Å². The lowest BCUT2D eigenvalue weighted by molar-refractivity contribution is -0.0567. The molecular formula is C26H28FN3O6S. The van der Waals surface area contributed by atoms with Crippen molar-refractivity contribution in [1.82, 2.24) is 14.9 Å². The van der Waals surface area contributed by atoms with Gasteiger partial charge in [-0.15, -0.1) is 0 Å². The first kappa shape index (κ1) is 26.5. The summed E-state index contributed by atoms with van der Waals surface area (Å²) in [6.45, 7) is 4.02. The van der Waals surface area contributed by atoms with E-state index in [0.29, 0.717) is 18.0 Å². The highest BCUT2D eigenvalue weighted by Crippen LogP contribution is 2.28. The molecule has 1 aromatic heterocycles. The summed E-state index contributed by atoms with van der Waals surface area (Å²) in [5.41, 5.74) is -0.165. The topological polar surface area (TPSA) is 117 Å².